The number of carbonyl (C=O) groups is 1. The number of nitrogens with two attached hydrogens (primary N) is 2. The maximum absolute atomic E-state index is 12.7. The molecule has 0 aliphatic rings. The highest BCUT2D eigenvalue weighted by Gasteiger charge is 2.17. The van der Waals surface area contributed by atoms with Crippen molar-refractivity contribution in [2.75, 3.05) is 6.54 Å². The number of amidine groups is 1. The highest BCUT2D eigenvalue weighted by atomic mass is 32.2. The minimum absolute atomic E-state index is 0.0148. The van der Waals surface area contributed by atoms with Crippen LogP contribution in [0.4, 0.5) is 4.79 Å². The highest BCUT2D eigenvalue weighted by molar-refractivity contribution is 7.89. The molecule has 0 radical (unpaired) electrons. The molecule has 0 aliphatic heterocycles. The lowest BCUT2D eigenvalue weighted by molar-refractivity contribution is 0.152. The minimum atomic E-state index is -3.89. The summed E-state index contributed by atoms with van der Waals surface area (Å²) in [4.78, 5) is 14.2. The van der Waals surface area contributed by atoms with Crippen LogP contribution in [0.1, 0.15) is 18.1 Å². The van der Waals surface area contributed by atoms with Gasteiger partial charge in [0, 0.05) is 24.2 Å². The van der Waals surface area contributed by atoms with Gasteiger partial charge in [-0.3, -0.25) is 0 Å². The van der Waals surface area contributed by atoms with Crippen LogP contribution < -0.4 is 15.6 Å². The Kier molecular flexibility index (Phi) is 7.31. The number of oxime groups is 1. The summed E-state index contributed by atoms with van der Waals surface area (Å²) in [6, 6.07) is 19.9. The van der Waals surface area contributed by atoms with Gasteiger partial charge in [0.1, 0.15) is 5.75 Å². The van der Waals surface area contributed by atoms with E-state index in [2.05, 4.69) is 5.16 Å². The molecule has 0 aliphatic carbocycles. The van der Waals surface area contributed by atoms with Crippen LogP contribution in [-0.2, 0) is 16.6 Å². The molecule has 0 saturated heterocycles. The van der Waals surface area contributed by atoms with Crippen molar-refractivity contribution in [1.82, 2.24) is 4.90 Å². The maximum Gasteiger partial charge on any atom is 0.415 e. The lowest BCUT2D eigenvalue weighted by atomic mass is 10.1. The summed E-state index contributed by atoms with van der Waals surface area (Å²) < 4.78 is 29.2. The summed E-state index contributed by atoms with van der Waals surface area (Å²) in [6.07, 6.45) is -0.551. The van der Waals surface area contributed by atoms with E-state index in [0.717, 1.165) is 5.56 Å². The van der Waals surface area contributed by atoms with Crippen LogP contribution in [0.15, 0.2) is 82.8 Å². The number of nitrogens with zero attached hydrogens (tertiary/aromatic N) is 2. The number of amides is 1. The van der Waals surface area contributed by atoms with Crippen molar-refractivity contribution in [1.29, 1.82) is 0 Å². The van der Waals surface area contributed by atoms with Crippen LogP contribution in [0.3, 0.4) is 0 Å². The molecule has 3 aromatic carbocycles. The Labute approximate surface area is 191 Å². The number of sulfonamides is 1. The van der Waals surface area contributed by atoms with Gasteiger partial charge in [0.15, 0.2) is 5.84 Å². The number of carbonyl (C=O) groups excluding carboxylic acids is 1. The Bertz CT molecular complexity index is 1270. The lowest BCUT2D eigenvalue weighted by Gasteiger charge is -2.20. The van der Waals surface area contributed by atoms with Crippen molar-refractivity contribution in [3.8, 4) is 16.9 Å². The first-order valence-corrected chi connectivity index (χ1v) is 11.5. The van der Waals surface area contributed by atoms with E-state index >= 15 is 0 Å². The molecule has 10 heteroatoms. The molecule has 0 saturated carbocycles. The first-order valence-electron chi connectivity index (χ1n) is 9.98. The molecule has 33 heavy (non-hydrogen) atoms. The number of hydrogen-bond acceptors (Lipinski definition) is 6. The molecule has 3 rings (SSSR count). The summed E-state index contributed by atoms with van der Waals surface area (Å²) in [5.41, 5.74) is 8.03. The zero-order chi connectivity index (χ0) is 24.0. The van der Waals surface area contributed by atoms with Gasteiger partial charge < -0.3 is 20.6 Å². The third kappa shape index (κ3) is 5.88. The molecular weight excluding hydrogens is 444 g/mol. The predicted molar refractivity (Wildman–Crippen MR) is 124 cm³/mol. The van der Waals surface area contributed by atoms with Crippen LogP contribution in [-0.4, -0.2) is 37.0 Å². The topological polar surface area (TPSA) is 148 Å². The first kappa shape index (κ1) is 23.8. The molecule has 0 unspecified atom stereocenters. The van der Waals surface area contributed by atoms with Gasteiger partial charge in [0.25, 0.3) is 0 Å². The van der Waals surface area contributed by atoms with E-state index in [0.29, 0.717) is 29.0 Å². The van der Waals surface area contributed by atoms with E-state index in [4.69, 9.17) is 20.8 Å². The van der Waals surface area contributed by atoms with E-state index < -0.39 is 16.1 Å². The highest BCUT2D eigenvalue weighted by Crippen LogP contribution is 2.28. The van der Waals surface area contributed by atoms with Crippen molar-refractivity contribution in [3.63, 3.8) is 0 Å². The van der Waals surface area contributed by atoms with Crippen LogP contribution in [0, 0.1) is 0 Å². The number of primary sulfonamides is 1. The predicted octanol–water partition coefficient (Wildman–Crippen LogP) is 3.12. The van der Waals surface area contributed by atoms with Gasteiger partial charge in [-0.15, -0.1) is 0 Å². The first-order chi connectivity index (χ1) is 15.7. The summed E-state index contributed by atoms with van der Waals surface area (Å²) >= 11 is 0. The van der Waals surface area contributed by atoms with Gasteiger partial charge >= 0.3 is 6.09 Å². The lowest BCUT2D eigenvalue weighted by Crippen LogP contribution is -2.33. The van der Waals surface area contributed by atoms with Gasteiger partial charge in [0.2, 0.25) is 10.0 Å². The molecule has 1 amide bonds. The average molecular weight is 469 g/mol. The van der Waals surface area contributed by atoms with E-state index in [-0.39, 0.29) is 17.3 Å². The molecule has 0 heterocycles. The Morgan fingerprint density at radius 3 is 2.39 bits per heavy atom. The molecule has 0 spiro atoms. The third-order valence-corrected chi connectivity index (χ3v) is 5.88. The molecule has 0 bridgehead atoms. The molecule has 172 valence electrons. The minimum Gasteiger partial charge on any atom is -0.410 e. The Morgan fingerprint density at radius 1 is 1.06 bits per heavy atom. The van der Waals surface area contributed by atoms with Gasteiger partial charge in [-0.2, -0.15) is 0 Å². The molecule has 0 atom stereocenters. The van der Waals surface area contributed by atoms with Crippen LogP contribution in [0.25, 0.3) is 11.1 Å². The zero-order valence-corrected chi connectivity index (χ0v) is 18.7. The van der Waals surface area contributed by atoms with Crippen molar-refractivity contribution in [3.05, 3.63) is 83.9 Å². The molecule has 5 N–H and O–H groups in total. The Morgan fingerprint density at radius 2 is 1.76 bits per heavy atom. The summed E-state index contributed by atoms with van der Waals surface area (Å²) in [6.45, 7) is 2.48. The second-order valence-corrected chi connectivity index (χ2v) is 8.66. The van der Waals surface area contributed by atoms with Crippen molar-refractivity contribution in [2.45, 2.75) is 18.4 Å². The largest absolute Gasteiger partial charge is 0.415 e. The molecule has 0 aromatic heterocycles. The number of benzene rings is 3. The number of hydrogen-bond donors (Lipinski definition) is 3. The second kappa shape index (κ2) is 10.2. The summed E-state index contributed by atoms with van der Waals surface area (Å²) in [5.74, 6) is 0.285. The molecule has 9 nitrogen and oxygen atoms in total. The van der Waals surface area contributed by atoms with Crippen LogP contribution in [0.2, 0.25) is 0 Å². The van der Waals surface area contributed by atoms with E-state index in [1.54, 1.807) is 60.7 Å². The fourth-order valence-electron chi connectivity index (χ4n) is 3.23. The summed E-state index contributed by atoms with van der Waals surface area (Å²) in [7, 11) is -3.89. The number of rotatable bonds is 7. The fourth-order valence-corrected chi connectivity index (χ4v) is 3.99. The smallest absolute Gasteiger partial charge is 0.410 e. The van der Waals surface area contributed by atoms with Crippen molar-refractivity contribution in [2.24, 2.45) is 16.0 Å². The van der Waals surface area contributed by atoms with E-state index in [9.17, 15) is 13.2 Å². The SMILES string of the molecule is CCN(Cc1cccc(C(N)=NO)c1)C(=O)Oc1ccc(-c2ccccc2S(N)(=O)=O)cc1. The quantitative estimate of drug-likeness (QED) is 0.210. The Balaban J connectivity index is 1.74. The van der Waals surface area contributed by atoms with Crippen molar-refractivity contribution >= 4 is 22.0 Å². The van der Waals surface area contributed by atoms with Gasteiger partial charge in [0.05, 0.1) is 4.90 Å². The summed E-state index contributed by atoms with van der Waals surface area (Å²) in [5, 5.41) is 17.1. The van der Waals surface area contributed by atoms with E-state index in [1.165, 1.54) is 11.0 Å². The van der Waals surface area contributed by atoms with E-state index in [1.807, 2.05) is 13.0 Å². The molecule has 0 fully saturated rings. The normalized spacial score (nSPS) is 11.8. The molecule has 3 aromatic rings. The van der Waals surface area contributed by atoms with Gasteiger partial charge in [-0.05, 0) is 42.3 Å². The van der Waals surface area contributed by atoms with Crippen LogP contribution in [0.5, 0.6) is 5.75 Å². The fraction of sp³-hybridized carbons (Fsp3) is 0.130. The van der Waals surface area contributed by atoms with Crippen molar-refractivity contribution < 1.29 is 23.2 Å². The molecular formula is C23H24N4O5S. The average Bonchev–Trinajstić information content (AvgIpc) is 2.82. The standard InChI is InChI=1S/C23H24N4O5S/c1-2-27(15-16-6-5-7-18(14-16)22(24)26-29)23(28)32-19-12-10-17(11-13-19)20-8-3-4-9-21(20)33(25,30)31/h3-14,29H,2,15H2,1H3,(H2,24,26)(H2,25,30,31). The Hall–Kier alpha value is -3.89. The second-order valence-electron chi connectivity index (χ2n) is 7.13. The maximum atomic E-state index is 12.7. The van der Waals surface area contributed by atoms with Crippen LogP contribution >= 0.6 is 0 Å². The monoisotopic (exact) mass is 468 g/mol. The van der Waals surface area contributed by atoms with Gasteiger partial charge in [-0.1, -0.05) is 53.7 Å². The third-order valence-electron chi connectivity index (χ3n) is 4.91. The zero-order valence-electron chi connectivity index (χ0n) is 17.9. The van der Waals surface area contributed by atoms with Gasteiger partial charge in [-0.25, -0.2) is 18.4 Å². The number of ether oxygens (including phenoxy) is 1.